The van der Waals surface area contributed by atoms with Gasteiger partial charge in [0.05, 0.1) is 0 Å². The molecule has 1 aromatic heterocycles. The Hall–Kier alpha value is 0.370. The maximum atomic E-state index is 4.91. The smallest absolute Gasteiger partial charge is 0.350 e. The van der Waals surface area contributed by atoms with Gasteiger partial charge in [0.25, 0.3) is 0 Å². The summed E-state index contributed by atoms with van der Waals surface area (Å²) in [6.45, 7) is 2.10. The maximum Gasteiger partial charge on any atom is 1.00 e. The second kappa shape index (κ2) is 5.08. The maximum absolute atomic E-state index is 4.91. The van der Waals surface area contributed by atoms with E-state index < -0.39 is 0 Å². The molecule has 0 spiro atoms. The van der Waals surface area contributed by atoms with E-state index in [9.17, 15) is 0 Å². The van der Waals surface area contributed by atoms with E-state index in [0.717, 1.165) is 11.1 Å². The normalized spacial score (nSPS) is 8.50. The average Bonchev–Trinajstić information content (AvgIpc) is 1.88. The van der Waals surface area contributed by atoms with Crippen molar-refractivity contribution in [3.8, 4) is 0 Å². The minimum absolute atomic E-state index is 0. The Kier molecular flexibility index (Phi) is 5.27. The number of rotatable bonds is 1. The molecule has 0 saturated carbocycles. The van der Waals surface area contributed by atoms with Gasteiger partial charge in [-0.25, -0.2) is 0 Å². The van der Waals surface area contributed by atoms with Crippen molar-refractivity contribution in [1.29, 1.82) is 0 Å². The Morgan fingerprint density at radius 2 is 2.20 bits per heavy atom. The zero-order valence-electron chi connectivity index (χ0n) is 6.35. The molecule has 0 amide bonds. The van der Waals surface area contributed by atoms with Gasteiger partial charge in [0.15, 0.2) is 0 Å². The van der Waals surface area contributed by atoms with Crippen molar-refractivity contribution < 1.29 is 29.6 Å². The van der Waals surface area contributed by atoms with Gasteiger partial charge < -0.3 is 4.98 Å². The van der Waals surface area contributed by atoms with Gasteiger partial charge in [0.1, 0.15) is 4.64 Å². The molecule has 0 fully saturated rings. The van der Waals surface area contributed by atoms with Crippen molar-refractivity contribution in [2.45, 2.75) is 13.3 Å². The molecule has 48 valence electrons. The molecule has 0 unspecified atom stereocenters. The van der Waals surface area contributed by atoms with Crippen LogP contribution in [0.1, 0.15) is 12.6 Å². The van der Waals surface area contributed by atoms with Crippen molar-refractivity contribution in [3.05, 3.63) is 28.5 Å². The van der Waals surface area contributed by atoms with Crippen LogP contribution < -0.4 is 29.6 Å². The molecule has 0 atom stereocenters. The Labute approximate surface area is 88.2 Å². The molecular weight excluding hydrogens is 153 g/mol. The van der Waals surface area contributed by atoms with Gasteiger partial charge in [-0.15, -0.1) is 0 Å². The van der Waals surface area contributed by atoms with Crippen molar-refractivity contribution in [1.82, 2.24) is 4.98 Å². The Balaban J connectivity index is 0.000000810. The SMILES string of the molecule is CCc1cccc(=S)[nH]1.[Na+]. The third kappa shape index (κ3) is 2.97. The third-order valence-corrected chi connectivity index (χ3v) is 1.45. The minimum Gasteiger partial charge on any atom is -0.350 e. The molecular formula is C7H9NNaS+. The van der Waals surface area contributed by atoms with Crippen LogP contribution in [0.25, 0.3) is 0 Å². The fourth-order valence-electron chi connectivity index (χ4n) is 0.699. The molecule has 0 aromatic carbocycles. The summed E-state index contributed by atoms with van der Waals surface area (Å²) in [5.41, 5.74) is 1.20. The fraction of sp³-hybridized carbons (Fsp3) is 0.286. The first-order valence-corrected chi connectivity index (χ1v) is 3.42. The van der Waals surface area contributed by atoms with E-state index in [0.29, 0.717) is 0 Å². The van der Waals surface area contributed by atoms with E-state index in [1.165, 1.54) is 5.69 Å². The van der Waals surface area contributed by atoms with Crippen LogP contribution in [0.15, 0.2) is 18.2 Å². The molecule has 0 saturated heterocycles. The van der Waals surface area contributed by atoms with E-state index in [2.05, 4.69) is 11.9 Å². The number of hydrogen-bond acceptors (Lipinski definition) is 1. The van der Waals surface area contributed by atoms with Crippen LogP contribution in [0.3, 0.4) is 0 Å². The standard InChI is InChI=1S/C7H9NS.Na/c1-2-6-4-3-5-7(9)8-6;/h3-5H,2H2,1H3,(H,8,9);/q;+1. The molecule has 1 aromatic rings. The predicted molar refractivity (Wildman–Crippen MR) is 41.0 cm³/mol. The van der Waals surface area contributed by atoms with Gasteiger partial charge in [-0.1, -0.05) is 25.2 Å². The molecule has 0 aliphatic heterocycles. The zero-order valence-corrected chi connectivity index (χ0v) is 9.16. The van der Waals surface area contributed by atoms with Crippen molar-refractivity contribution in [2.75, 3.05) is 0 Å². The first kappa shape index (κ1) is 10.4. The molecule has 1 heterocycles. The van der Waals surface area contributed by atoms with Gasteiger partial charge in [0.2, 0.25) is 0 Å². The third-order valence-electron chi connectivity index (χ3n) is 1.21. The number of aromatic amines is 1. The summed E-state index contributed by atoms with van der Waals surface area (Å²) in [5, 5.41) is 0. The topological polar surface area (TPSA) is 15.8 Å². The predicted octanol–water partition coefficient (Wildman–Crippen LogP) is -0.689. The fourth-order valence-corrected chi connectivity index (χ4v) is 0.909. The second-order valence-corrected chi connectivity index (χ2v) is 2.33. The van der Waals surface area contributed by atoms with E-state index in [1.807, 2.05) is 18.2 Å². The average molecular weight is 162 g/mol. The molecule has 1 nitrogen and oxygen atoms in total. The van der Waals surface area contributed by atoms with Gasteiger partial charge in [-0.05, 0) is 18.6 Å². The Morgan fingerprint density at radius 1 is 1.50 bits per heavy atom. The number of aryl methyl sites for hydroxylation is 1. The van der Waals surface area contributed by atoms with E-state index >= 15 is 0 Å². The van der Waals surface area contributed by atoms with Crippen molar-refractivity contribution >= 4 is 12.2 Å². The minimum atomic E-state index is 0. The number of pyridine rings is 1. The van der Waals surface area contributed by atoms with Crippen LogP contribution in [0, 0.1) is 4.64 Å². The van der Waals surface area contributed by atoms with Crippen LogP contribution in [-0.4, -0.2) is 4.98 Å². The zero-order chi connectivity index (χ0) is 6.69. The molecule has 0 aliphatic rings. The molecule has 1 rings (SSSR count). The van der Waals surface area contributed by atoms with Crippen molar-refractivity contribution in [2.24, 2.45) is 0 Å². The monoisotopic (exact) mass is 162 g/mol. The summed E-state index contributed by atoms with van der Waals surface area (Å²) in [6, 6.07) is 5.89. The number of hydrogen-bond donors (Lipinski definition) is 1. The molecule has 0 radical (unpaired) electrons. The molecule has 0 aliphatic carbocycles. The summed E-state index contributed by atoms with van der Waals surface area (Å²) >= 11 is 4.91. The summed E-state index contributed by atoms with van der Waals surface area (Å²) in [4.78, 5) is 3.07. The molecule has 10 heavy (non-hydrogen) atoms. The number of aromatic nitrogens is 1. The van der Waals surface area contributed by atoms with Gasteiger partial charge in [-0.3, -0.25) is 0 Å². The summed E-state index contributed by atoms with van der Waals surface area (Å²) < 4.78 is 0.814. The quantitative estimate of drug-likeness (QED) is 0.427. The van der Waals surface area contributed by atoms with Crippen LogP contribution in [0.5, 0.6) is 0 Å². The van der Waals surface area contributed by atoms with E-state index in [-0.39, 0.29) is 29.6 Å². The summed E-state index contributed by atoms with van der Waals surface area (Å²) in [6.07, 6.45) is 1.02. The van der Waals surface area contributed by atoms with Crippen LogP contribution in [-0.2, 0) is 6.42 Å². The largest absolute Gasteiger partial charge is 1.00 e. The second-order valence-electron chi connectivity index (χ2n) is 1.89. The molecule has 0 bridgehead atoms. The number of nitrogens with one attached hydrogen (secondary N) is 1. The first-order valence-electron chi connectivity index (χ1n) is 3.01. The van der Waals surface area contributed by atoms with Crippen molar-refractivity contribution in [3.63, 3.8) is 0 Å². The van der Waals surface area contributed by atoms with Gasteiger partial charge >= 0.3 is 29.6 Å². The summed E-state index contributed by atoms with van der Waals surface area (Å²) in [5.74, 6) is 0. The molecule has 1 N–H and O–H groups in total. The van der Waals surface area contributed by atoms with E-state index in [4.69, 9.17) is 12.2 Å². The van der Waals surface area contributed by atoms with Crippen LogP contribution in [0.4, 0.5) is 0 Å². The Morgan fingerprint density at radius 3 is 2.60 bits per heavy atom. The van der Waals surface area contributed by atoms with Gasteiger partial charge in [-0.2, -0.15) is 0 Å². The summed E-state index contributed by atoms with van der Waals surface area (Å²) in [7, 11) is 0. The number of H-pyrrole nitrogens is 1. The van der Waals surface area contributed by atoms with Crippen LogP contribution in [0.2, 0.25) is 0 Å². The Bertz CT molecular complexity index is 243. The first-order chi connectivity index (χ1) is 4.33. The van der Waals surface area contributed by atoms with Crippen LogP contribution >= 0.6 is 12.2 Å². The molecule has 3 heteroatoms. The van der Waals surface area contributed by atoms with E-state index in [1.54, 1.807) is 0 Å². The van der Waals surface area contributed by atoms with Gasteiger partial charge in [0, 0.05) is 5.69 Å².